The Morgan fingerprint density at radius 3 is 2.75 bits per heavy atom. The lowest BCUT2D eigenvalue weighted by atomic mass is 10.0. The maximum atomic E-state index is 12.3. The number of rotatable bonds is 5. The van der Waals surface area contributed by atoms with Crippen LogP contribution in [-0.4, -0.2) is 48.8 Å². The molecule has 2 heterocycles. The van der Waals surface area contributed by atoms with Gasteiger partial charge in [-0.15, -0.1) is 11.3 Å². The number of hydrogen-bond donors (Lipinski definition) is 2. The van der Waals surface area contributed by atoms with Crippen LogP contribution in [-0.2, 0) is 4.74 Å². The molecular weight excluding hydrogens is 324 g/mol. The first-order chi connectivity index (χ1) is 11.7. The second kappa shape index (κ2) is 8.23. The minimum Gasteiger partial charge on any atom is -0.379 e. The second-order valence-corrected chi connectivity index (χ2v) is 6.71. The highest BCUT2D eigenvalue weighted by atomic mass is 32.1. The molecule has 0 bridgehead atoms. The van der Waals surface area contributed by atoms with Crippen molar-refractivity contribution < 1.29 is 9.53 Å². The van der Waals surface area contributed by atoms with E-state index in [0.29, 0.717) is 5.13 Å². The lowest BCUT2D eigenvalue weighted by Gasteiger charge is -2.31. The highest BCUT2D eigenvalue weighted by Crippen LogP contribution is 2.17. The Morgan fingerprint density at radius 2 is 2.08 bits per heavy atom. The van der Waals surface area contributed by atoms with Gasteiger partial charge in [-0.25, -0.2) is 9.78 Å². The first kappa shape index (κ1) is 16.9. The highest BCUT2D eigenvalue weighted by Gasteiger charge is 2.20. The molecule has 1 atom stereocenters. The Kier molecular flexibility index (Phi) is 5.79. The molecule has 2 N–H and O–H groups in total. The van der Waals surface area contributed by atoms with Gasteiger partial charge in [-0.3, -0.25) is 10.2 Å². The van der Waals surface area contributed by atoms with Gasteiger partial charge in [0.1, 0.15) is 0 Å². The molecule has 1 fully saturated rings. The topological polar surface area (TPSA) is 66.5 Å². The predicted molar refractivity (Wildman–Crippen MR) is 95.4 cm³/mol. The van der Waals surface area contributed by atoms with Crippen molar-refractivity contribution in [3.63, 3.8) is 0 Å². The Bertz CT molecular complexity index is 639. The number of morpholine rings is 1. The molecule has 0 spiro atoms. The van der Waals surface area contributed by atoms with Crippen LogP contribution in [0.4, 0.5) is 9.93 Å². The van der Waals surface area contributed by atoms with Crippen LogP contribution in [0.5, 0.6) is 0 Å². The number of aromatic nitrogens is 1. The van der Waals surface area contributed by atoms with Gasteiger partial charge in [-0.1, -0.05) is 29.8 Å². The van der Waals surface area contributed by atoms with Gasteiger partial charge in [0.05, 0.1) is 19.3 Å². The fourth-order valence-corrected chi connectivity index (χ4v) is 3.18. The van der Waals surface area contributed by atoms with Crippen molar-refractivity contribution in [3.05, 3.63) is 47.0 Å². The third-order valence-electron chi connectivity index (χ3n) is 3.98. The summed E-state index contributed by atoms with van der Waals surface area (Å²) in [6.07, 6.45) is 1.67. The van der Waals surface area contributed by atoms with E-state index in [-0.39, 0.29) is 12.1 Å². The van der Waals surface area contributed by atoms with E-state index in [2.05, 4.69) is 51.7 Å². The number of aryl methyl sites for hydroxylation is 1. The predicted octanol–water partition coefficient (Wildman–Crippen LogP) is 2.65. The molecule has 3 rings (SSSR count). The molecular formula is C17H22N4O2S. The molecule has 7 heteroatoms. The lowest BCUT2D eigenvalue weighted by molar-refractivity contribution is 0.0340. The van der Waals surface area contributed by atoms with Crippen molar-refractivity contribution in [2.75, 3.05) is 38.2 Å². The Balaban J connectivity index is 1.68. The van der Waals surface area contributed by atoms with E-state index < -0.39 is 0 Å². The van der Waals surface area contributed by atoms with E-state index in [9.17, 15) is 4.79 Å². The molecule has 1 aliphatic rings. The fraction of sp³-hybridized carbons (Fsp3) is 0.412. The van der Waals surface area contributed by atoms with Crippen LogP contribution in [0, 0.1) is 6.92 Å². The minimum atomic E-state index is -0.233. The molecule has 2 aromatic rings. The van der Waals surface area contributed by atoms with E-state index in [0.717, 1.165) is 38.4 Å². The average Bonchev–Trinajstić information content (AvgIpc) is 3.09. The van der Waals surface area contributed by atoms with Gasteiger partial charge in [0.2, 0.25) is 0 Å². The summed E-state index contributed by atoms with van der Waals surface area (Å²) in [5.74, 6) is 0. The molecule has 0 unspecified atom stereocenters. The fourth-order valence-electron chi connectivity index (χ4n) is 2.65. The number of urea groups is 1. The van der Waals surface area contributed by atoms with Crippen LogP contribution < -0.4 is 10.6 Å². The first-order valence-electron chi connectivity index (χ1n) is 8.04. The lowest BCUT2D eigenvalue weighted by Crippen LogP contribution is -2.44. The van der Waals surface area contributed by atoms with E-state index in [1.165, 1.54) is 16.9 Å². The summed E-state index contributed by atoms with van der Waals surface area (Å²) >= 11 is 1.40. The largest absolute Gasteiger partial charge is 0.379 e. The maximum absolute atomic E-state index is 12.3. The zero-order chi connectivity index (χ0) is 16.8. The van der Waals surface area contributed by atoms with Gasteiger partial charge in [0.25, 0.3) is 0 Å². The molecule has 0 saturated carbocycles. The van der Waals surface area contributed by atoms with Crippen molar-refractivity contribution in [1.82, 2.24) is 15.2 Å². The monoisotopic (exact) mass is 346 g/mol. The Labute approximate surface area is 145 Å². The molecule has 2 amide bonds. The number of nitrogens with zero attached hydrogens (tertiary/aromatic N) is 2. The van der Waals surface area contributed by atoms with Gasteiger partial charge < -0.3 is 10.1 Å². The Hall–Kier alpha value is -1.96. The number of thiazole rings is 1. The summed E-state index contributed by atoms with van der Waals surface area (Å²) in [4.78, 5) is 18.7. The minimum absolute atomic E-state index is 0.0799. The SMILES string of the molecule is Cc1ccc([C@@H](CN2CCOCC2)NC(=O)Nc2nccs2)cc1. The van der Waals surface area contributed by atoms with E-state index in [4.69, 9.17) is 4.74 Å². The molecule has 128 valence electrons. The number of amides is 2. The number of ether oxygens (including phenoxy) is 1. The number of nitrogens with one attached hydrogen (secondary N) is 2. The van der Waals surface area contributed by atoms with E-state index in [1.54, 1.807) is 6.20 Å². The normalized spacial score (nSPS) is 16.5. The molecule has 1 aliphatic heterocycles. The quantitative estimate of drug-likeness (QED) is 0.873. The first-order valence-corrected chi connectivity index (χ1v) is 8.92. The molecule has 1 aromatic heterocycles. The van der Waals surface area contributed by atoms with Gasteiger partial charge >= 0.3 is 6.03 Å². The van der Waals surface area contributed by atoms with Crippen molar-refractivity contribution in [2.24, 2.45) is 0 Å². The van der Waals surface area contributed by atoms with Crippen molar-refractivity contribution in [2.45, 2.75) is 13.0 Å². The van der Waals surface area contributed by atoms with Crippen LogP contribution in [0.2, 0.25) is 0 Å². The highest BCUT2D eigenvalue weighted by molar-refractivity contribution is 7.13. The average molecular weight is 346 g/mol. The van der Waals surface area contributed by atoms with Crippen LogP contribution in [0.25, 0.3) is 0 Å². The number of carbonyl (C=O) groups is 1. The van der Waals surface area contributed by atoms with Crippen LogP contribution in [0.3, 0.4) is 0 Å². The zero-order valence-corrected chi connectivity index (χ0v) is 14.5. The summed E-state index contributed by atoms with van der Waals surface area (Å²) in [7, 11) is 0. The van der Waals surface area contributed by atoms with Gasteiger partial charge in [-0.05, 0) is 12.5 Å². The third kappa shape index (κ3) is 4.77. The smallest absolute Gasteiger partial charge is 0.321 e. The van der Waals surface area contributed by atoms with E-state index >= 15 is 0 Å². The molecule has 0 radical (unpaired) electrons. The maximum Gasteiger partial charge on any atom is 0.321 e. The van der Waals surface area contributed by atoms with Crippen molar-refractivity contribution >= 4 is 22.5 Å². The molecule has 1 aromatic carbocycles. The van der Waals surface area contributed by atoms with Gasteiger partial charge in [0, 0.05) is 31.2 Å². The summed E-state index contributed by atoms with van der Waals surface area (Å²) in [6, 6.07) is 7.98. The Morgan fingerprint density at radius 1 is 1.33 bits per heavy atom. The molecule has 1 saturated heterocycles. The van der Waals surface area contributed by atoms with Crippen LogP contribution >= 0.6 is 11.3 Å². The standard InChI is InChI=1S/C17H22N4O2S/c1-13-2-4-14(5-3-13)15(12-21-7-9-23-10-8-21)19-16(22)20-17-18-6-11-24-17/h2-6,11,15H,7-10,12H2,1H3,(H2,18,19,20,22)/t15-/m1/s1. The second-order valence-electron chi connectivity index (χ2n) is 5.81. The summed E-state index contributed by atoms with van der Waals surface area (Å²) < 4.78 is 5.41. The number of benzene rings is 1. The summed E-state index contributed by atoms with van der Waals surface area (Å²) in [5.41, 5.74) is 2.30. The number of anilines is 1. The number of carbonyl (C=O) groups excluding carboxylic acids is 1. The summed E-state index contributed by atoms with van der Waals surface area (Å²) in [5, 5.41) is 8.29. The van der Waals surface area contributed by atoms with Crippen molar-refractivity contribution in [3.8, 4) is 0 Å². The molecule has 24 heavy (non-hydrogen) atoms. The van der Waals surface area contributed by atoms with Gasteiger partial charge in [0.15, 0.2) is 5.13 Å². The zero-order valence-electron chi connectivity index (χ0n) is 13.7. The van der Waals surface area contributed by atoms with Gasteiger partial charge in [-0.2, -0.15) is 0 Å². The number of hydrogen-bond acceptors (Lipinski definition) is 5. The molecule has 6 nitrogen and oxygen atoms in total. The third-order valence-corrected chi connectivity index (χ3v) is 4.67. The van der Waals surface area contributed by atoms with Crippen molar-refractivity contribution in [1.29, 1.82) is 0 Å². The van der Waals surface area contributed by atoms with E-state index in [1.807, 2.05) is 5.38 Å². The molecule has 0 aliphatic carbocycles. The van der Waals surface area contributed by atoms with Crippen LogP contribution in [0.15, 0.2) is 35.8 Å². The summed E-state index contributed by atoms with van der Waals surface area (Å²) in [6.45, 7) is 6.08. The van der Waals surface area contributed by atoms with Crippen LogP contribution in [0.1, 0.15) is 17.2 Å².